The van der Waals surface area contributed by atoms with Gasteiger partial charge in [0.2, 0.25) is 0 Å². The van der Waals surface area contributed by atoms with Gasteiger partial charge in [-0.2, -0.15) is 5.10 Å². The molecule has 2 unspecified atom stereocenters. The van der Waals surface area contributed by atoms with E-state index < -0.39 is 0 Å². The van der Waals surface area contributed by atoms with Crippen LogP contribution in [-0.4, -0.2) is 22.1 Å². The van der Waals surface area contributed by atoms with Crippen molar-refractivity contribution in [3.8, 4) is 0 Å². The van der Waals surface area contributed by atoms with Gasteiger partial charge >= 0.3 is 0 Å². The molecule has 2 rings (SSSR count). The molecule has 4 N–H and O–H groups in total. The predicted molar refractivity (Wildman–Crippen MR) is 62.0 cm³/mol. The summed E-state index contributed by atoms with van der Waals surface area (Å²) in [6, 6.07) is 0.277. The molecule has 0 radical (unpaired) electrons. The minimum Gasteiger partial charge on any atom is -0.395 e. The molecule has 0 aliphatic heterocycles. The minimum atomic E-state index is -0.166. The first-order chi connectivity index (χ1) is 7.58. The fraction of sp³-hybridized carbons (Fsp3) is 0.636. The zero-order valence-corrected chi connectivity index (χ0v) is 9.71. The Labute approximate surface area is 94.8 Å². The summed E-state index contributed by atoms with van der Waals surface area (Å²) < 4.78 is 0. The van der Waals surface area contributed by atoms with Crippen LogP contribution in [0.15, 0.2) is 0 Å². The standard InChI is InChI=1S/C11H18N4O/c1-6-3-4-8(5-6)13-11(16)10-9(12)7(2)14-15-10/h6,8H,3-5,12H2,1-2H3,(H,13,16)(H,14,15). The quantitative estimate of drug-likeness (QED) is 0.703. The molecule has 2 atom stereocenters. The molecule has 5 heteroatoms. The summed E-state index contributed by atoms with van der Waals surface area (Å²) in [5, 5.41) is 9.61. The van der Waals surface area contributed by atoms with Gasteiger partial charge in [0, 0.05) is 6.04 Å². The zero-order valence-electron chi connectivity index (χ0n) is 9.71. The lowest BCUT2D eigenvalue weighted by Gasteiger charge is -2.11. The van der Waals surface area contributed by atoms with Crippen LogP contribution < -0.4 is 11.1 Å². The average molecular weight is 222 g/mol. The van der Waals surface area contributed by atoms with Gasteiger partial charge in [0.05, 0.1) is 11.4 Å². The summed E-state index contributed by atoms with van der Waals surface area (Å²) in [7, 11) is 0. The Morgan fingerprint density at radius 3 is 2.81 bits per heavy atom. The monoisotopic (exact) mass is 222 g/mol. The van der Waals surface area contributed by atoms with Gasteiger partial charge in [-0.15, -0.1) is 0 Å². The van der Waals surface area contributed by atoms with Crippen molar-refractivity contribution >= 4 is 11.6 Å². The van der Waals surface area contributed by atoms with Crippen LogP contribution in [-0.2, 0) is 0 Å². The predicted octanol–water partition coefficient (Wildman–Crippen LogP) is 1.22. The van der Waals surface area contributed by atoms with E-state index in [1.54, 1.807) is 6.92 Å². The Hall–Kier alpha value is -1.52. The van der Waals surface area contributed by atoms with Gasteiger partial charge in [-0.25, -0.2) is 0 Å². The van der Waals surface area contributed by atoms with Gasteiger partial charge in [-0.1, -0.05) is 6.92 Å². The number of amides is 1. The number of rotatable bonds is 2. The van der Waals surface area contributed by atoms with Gasteiger partial charge < -0.3 is 11.1 Å². The Kier molecular flexibility index (Phi) is 2.85. The van der Waals surface area contributed by atoms with Crippen LogP contribution in [0.4, 0.5) is 5.69 Å². The molecule has 0 aromatic carbocycles. The van der Waals surface area contributed by atoms with Crippen LogP contribution in [0.5, 0.6) is 0 Å². The molecule has 1 aromatic rings. The maximum atomic E-state index is 11.9. The highest BCUT2D eigenvalue weighted by Crippen LogP contribution is 2.25. The summed E-state index contributed by atoms with van der Waals surface area (Å²) in [5.74, 6) is 0.532. The van der Waals surface area contributed by atoms with Crippen molar-refractivity contribution in [3.05, 3.63) is 11.4 Å². The molecule has 1 amide bonds. The highest BCUT2D eigenvalue weighted by molar-refractivity contribution is 5.97. The largest absolute Gasteiger partial charge is 0.395 e. The van der Waals surface area contributed by atoms with Gasteiger partial charge in [0.1, 0.15) is 0 Å². The summed E-state index contributed by atoms with van der Waals surface area (Å²) in [6.07, 6.45) is 3.28. The Morgan fingerprint density at radius 1 is 1.56 bits per heavy atom. The van der Waals surface area contributed by atoms with Crippen LogP contribution >= 0.6 is 0 Å². The molecule has 5 nitrogen and oxygen atoms in total. The van der Waals surface area contributed by atoms with E-state index in [4.69, 9.17) is 5.73 Å². The molecule has 1 heterocycles. The van der Waals surface area contributed by atoms with E-state index >= 15 is 0 Å². The fourth-order valence-corrected chi connectivity index (χ4v) is 2.20. The van der Waals surface area contributed by atoms with E-state index in [0.29, 0.717) is 17.3 Å². The SMILES string of the molecule is Cc1[nH]nc(C(=O)NC2CCC(C)C2)c1N. The lowest BCUT2D eigenvalue weighted by atomic mass is 10.1. The molecular formula is C11H18N4O. The number of nitrogens with two attached hydrogens (primary N) is 1. The second-order valence-corrected chi connectivity index (χ2v) is 4.70. The number of nitrogens with zero attached hydrogens (tertiary/aromatic N) is 1. The summed E-state index contributed by atoms with van der Waals surface area (Å²) in [5.41, 5.74) is 7.26. The number of nitrogens with one attached hydrogen (secondary N) is 2. The lowest BCUT2D eigenvalue weighted by Crippen LogP contribution is -2.33. The molecule has 88 valence electrons. The number of aryl methyl sites for hydroxylation is 1. The zero-order chi connectivity index (χ0) is 11.7. The number of hydrogen-bond donors (Lipinski definition) is 3. The maximum absolute atomic E-state index is 11.9. The molecule has 0 saturated heterocycles. The van der Waals surface area contributed by atoms with Crippen molar-refractivity contribution in [3.63, 3.8) is 0 Å². The van der Waals surface area contributed by atoms with Crippen molar-refractivity contribution in [2.75, 3.05) is 5.73 Å². The molecule has 0 bridgehead atoms. The van der Waals surface area contributed by atoms with E-state index in [-0.39, 0.29) is 11.9 Å². The van der Waals surface area contributed by atoms with Crippen LogP contribution in [0, 0.1) is 12.8 Å². The summed E-state index contributed by atoms with van der Waals surface area (Å²) in [4.78, 5) is 11.9. The van der Waals surface area contributed by atoms with Crippen molar-refractivity contribution in [1.29, 1.82) is 0 Å². The number of carbonyl (C=O) groups is 1. The van der Waals surface area contributed by atoms with Crippen LogP contribution in [0.25, 0.3) is 0 Å². The van der Waals surface area contributed by atoms with Gasteiger partial charge in [0.15, 0.2) is 5.69 Å². The van der Waals surface area contributed by atoms with E-state index in [0.717, 1.165) is 18.5 Å². The summed E-state index contributed by atoms with van der Waals surface area (Å²) >= 11 is 0. The number of aromatic amines is 1. The number of carbonyl (C=O) groups excluding carboxylic acids is 1. The molecule has 1 fully saturated rings. The Balaban J connectivity index is 2.01. The van der Waals surface area contributed by atoms with Gasteiger partial charge in [-0.05, 0) is 32.1 Å². The van der Waals surface area contributed by atoms with E-state index in [1.165, 1.54) is 6.42 Å². The number of nitrogen functional groups attached to an aromatic ring is 1. The topological polar surface area (TPSA) is 83.8 Å². The molecule has 1 aromatic heterocycles. The second kappa shape index (κ2) is 4.15. The lowest BCUT2D eigenvalue weighted by molar-refractivity contribution is 0.0933. The Bertz CT molecular complexity index is 399. The normalized spacial score (nSPS) is 24.6. The third kappa shape index (κ3) is 2.03. The maximum Gasteiger partial charge on any atom is 0.274 e. The third-order valence-corrected chi connectivity index (χ3v) is 3.24. The van der Waals surface area contributed by atoms with Crippen molar-refractivity contribution in [2.45, 2.75) is 39.2 Å². The third-order valence-electron chi connectivity index (χ3n) is 3.24. The summed E-state index contributed by atoms with van der Waals surface area (Å²) in [6.45, 7) is 4.01. The van der Waals surface area contributed by atoms with Crippen LogP contribution in [0.2, 0.25) is 0 Å². The molecular weight excluding hydrogens is 204 g/mol. The first-order valence-corrected chi connectivity index (χ1v) is 5.69. The first kappa shape index (κ1) is 11.0. The Morgan fingerprint density at radius 2 is 2.31 bits per heavy atom. The number of hydrogen-bond acceptors (Lipinski definition) is 3. The molecule has 1 saturated carbocycles. The number of anilines is 1. The van der Waals surface area contributed by atoms with E-state index in [2.05, 4.69) is 22.4 Å². The van der Waals surface area contributed by atoms with Crippen molar-refractivity contribution < 1.29 is 4.79 Å². The van der Waals surface area contributed by atoms with Gasteiger partial charge in [0.25, 0.3) is 5.91 Å². The van der Waals surface area contributed by atoms with Crippen LogP contribution in [0.1, 0.15) is 42.4 Å². The highest BCUT2D eigenvalue weighted by Gasteiger charge is 2.24. The fourth-order valence-electron chi connectivity index (χ4n) is 2.20. The average Bonchev–Trinajstić information content (AvgIpc) is 2.76. The van der Waals surface area contributed by atoms with Crippen molar-refractivity contribution in [2.24, 2.45) is 5.92 Å². The molecule has 1 aliphatic rings. The van der Waals surface area contributed by atoms with Crippen LogP contribution in [0.3, 0.4) is 0 Å². The minimum absolute atomic E-state index is 0.166. The smallest absolute Gasteiger partial charge is 0.274 e. The van der Waals surface area contributed by atoms with Crippen molar-refractivity contribution in [1.82, 2.24) is 15.5 Å². The second-order valence-electron chi connectivity index (χ2n) is 4.70. The number of aromatic nitrogens is 2. The molecule has 0 spiro atoms. The first-order valence-electron chi connectivity index (χ1n) is 5.69. The molecule has 1 aliphatic carbocycles. The number of H-pyrrole nitrogens is 1. The van der Waals surface area contributed by atoms with E-state index in [9.17, 15) is 4.79 Å². The van der Waals surface area contributed by atoms with E-state index in [1.807, 2.05) is 0 Å². The highest BCUT2D eigenvalue weighted by atomic mass is 16.2. The van der Waals surface area contributed by atoms with Gasteiger partial charge in [-0.3, -0.25) is 9.89 Å². The molecule has 16 heavy (non-hydrogen) atoms.